The van der Waals surface area contributed by atoms with Gasteiger partial charge in [0.1, 0.15) is 5.75 Å². The SMILES string of the molecule is C=CCc1[c]c(C(N)=O)cc(CC=C)c1O. The van der Waals surface area contributed by atoms with Crippen LogP contribution in [0.4, 0.5) is 0 Å². The number of nitrogens with two attached hydrogens (primary N) is 1. The summed E-state index contributed by atoms with van der Waals surface area (Å²) in [6.45, 7) is 7.17. The van der Waals surface area contributed by atoms with Gasteiger partial charge >= 0.3 is 0 Å². The minimum absolute atomic E-state index is 0.129. The summed E-state index contributed by atoms with van der Waals surface area (Å²) in [5.41, 5.74) is 6.62. The topological polar surface area (TPSA) is 63.3 Å². The first kappa shape index (κ1) is 12.0. The predicted molar refractivity (Wildman–Crippen MR) is 63.3 cm³/mol. The summed E-state index contributed by atoms with van der Waals surface area (Å²) in [6.07, 6.45) is 4.20. The summed E-state index contributed by atoms with van der Waals surface area (Å²) in [4.78, 5) is 11.1. The third-order valence-electron chi connectivity index (χ3n) is 2.17. The first-order valence-corrected chi connectivity index (χ1v) is 4.88. The Morgan fingerprint density at radius 3 is 2.56 bits per heavy atom. The van der Waals surface area contributed by atoms with Crippen molar-refractivity contribution in [2.75, 3.05) is 0 Å². The van der Waals surface area contributed by atoms with Gasteiger partial charge in [-0.15, -0.1) is 13.2 Å². The monoisotopic (exact) mass is 216 g/mol. The molecule has 0 aromatic heterocycles. The average molecular weight is 216 g/mol. The Balaban J connectivity index is 3.31. The van der Waals surface area contributed by atoms with Crippen molar-refractivity contribution < 1.29 is 9.90 Å². The number of primary amides is 1. The summed E-state index contributed by atoms with van der Waals surface area (Å²) >= 11 is 0. The molecule has 16 heavy (non-hydrogen) atoms. The van der Waals surface area contributed by atoms with Crippen LogP contribution in [0.2, 0.25) is 0 Å². The lowest BCUT2D eigenvalue weighted by Gasteiger charge is -2.08. The zero-order valence-electron chi connectivity index (χ0n) is 8.99. The Hall–Kier alpha value is -2.03. The van der Waals surface area contributed by atoms with Gasteiger partial charge in [0.25, 0.3) is 0 Å². The fraction of sp³-hybridized carbons (Fsp3) is 0.154. The average Bonchev–Trinajstić information content (AvgIpc) is 2.24. The van der Waals surface area contributed by atoms with E-state index in [4.69, 9.17) is 5.73 Å². The van der Waals surface area contributed by atoms with E-state index in [9.17, 15) is 9.90 Å². The van der Waals surface area contributed by atoms with Gasteiger partial charge in [0.2, 0.25) is 5.91 Å². The van der Waals surface area contributed by atoms with Crippen molar-refractivity contribution in [2.45, 2.75) is 12.8 Å². The molecule has 0 heterocycles. The molecule has 1 radical (unpaired) electrons. The lowest BCUT2D eigenvalue weighted by Crippen LogP contribution is -2.12. The van der Waals surface area contributed by atoms with Gasteiger partial charge in [0, 0.05) is 17.2 Å². The molecule has 0 atom stereocenters. The van der Waals surface area contributed by atoms with Crippen LogP contribution in [0.25, 0.3) is 0 Å². The highest BCUT2D eigenvalue weighted by molar-refractivity contribution is 5.93. The quantitative estimate of drug-likeness (QED) is 0.736. The fourth-order valence-electron chi connectivity index (χ4n) is 1.43. The summed E-state index contributed by atoms with van der Waals surface area (Å²) in [6, 6.07) is 4.32. The first-order chi connectivity index (χ1) is 7.60. The third-order valence-corrected chi connectivity index (χ3v) is 2.17. The Bertz CT molecular complexity index is 405. The number of carbonyl (C=O) groups is 1. The minimum Gasteiger partial charge on any atom is -0.507 e. The molecule has 0 aliphatic heterocycles. The van der Waals surface area contributed by atoms with Crippen LogP contribution in [0.5, 0.6) is 5.75 Å². The number of hydrogen-bond acceptors (Lipinski definition) is 2. The molecule has 0 spiro atoms. The second-order valence-electron chi connectivity index (χ2n) is 3.39. The van der Waals surface area contributed by atoms with Crippen molar-refractivity contribution in [1.29, 1.82) is 0 Å². The minimum atomic E-state index is -0.560. The molecule has 1 rings (SSSR count). The van der Waals surface area contributed by atoms with Crippen molar-refractivity contribution in [3.05, 3.63) is 54.1 Å². The zero-order valence-corrected chi connectivity index (χ0v) is 8.99. The predicted octanol–water partition coefficient (Wildman–Crippen LogP) is 1.75. The zero-order chi connectivity index (χ0) is 12.1. The van der Waals surface area contributed by atoms with Crippen molar-refractivity contribution in [2.24, 2.45) is 5.73 Å². The lowest BCUT2D eigenvalue weighted by atomic mass is 9.99. The van der Waals surface area contributed by atoms with E-state index in [-0.39, 0.29) is 11.3 Å². The van der Waals surface area contributed by atoms with Gasteiger partial charge in [-0.05, 0) is 24.5 Å². The van der Waals surface area contributed by atoms with Gasteiger partial charge in [-0.25, -0.2) is 0 Å². The van der Waals surface area contributed by atoms with Crippen LogP contribution >= 0.6 is 0 Å². The molecule has 3 N–H and O–H groups in total. The van der Waals surface area contributed by atoms with Crippen molar-refractivity contribution in [3.63, 3.8) is 0 Å². The molecular formula is C13H14NO2. The number of phenols is 1. The van der Waals surface area contributed by atoms with Crippen molar-refractivity contribution in [1.82, 2.24) is 0 Å². The van der Waals surface area contributed by atoms with Crippen molar-refractivity contribution in [3.8, 4) is 5.75 Å². The van der Waals surface area contributed by atoms with Crippen molar-refractivity contribution >= 4 is 5.91 Å². The Morgan fingerprint density at radius 2 is 2.06 bits per heavy atom. The summed E-state index contributed by atoms with van der Waals surface area (Å²) in [7, 11) is 0. The molecule has 3 nitrogen and oxygen atoms in total. The van der Waals surface area contributed by atoms with Gasteiger partial charge in [0.15, 0.2) is 0 Å². The number of benzene rings is 1. The van der Waals surface area contributed by atoms with E-state index in [1.165, 1.54) is 6.07 Å². The van der Waals surface area contributed by atoms with E-state index in [0.29, 0.717) is 24.0 Å². The molecule has 0 saturated carbocycles. The van der Waals surface area contributed by atoms with Crippen LogP contribution in [-0.2, 0) is 12.8 Å². The van der Waals surface area contributed by atoms with E-state index in [1.54, 1.807) is 12.2 Å². The maximum atomic E-state index is 11.1. The molecule has 0 unspecified atom stereocenters. The highest BCUT2D eigenvalue weighted by Crippen LogP contribution is 2.25. The molecule has 0 fully saturated rings. The largest absolute Gasteiger partial charge is 0.507 e. The molecule has 0 saturated heterocycles. The van der Waals surface area contributed by atoms with E-state index >= 15 is 0 Å². The highest BCUT2D eigenvalue weighted by Gasteiger charge is 2.11. The molecular weight excluding hydrogens is 202 g/mol. The van der Waals surface area contributed by atoms with Crippen LogP contribution < -0.4 is 5.73 Å². The number of carbonyl (C=O) groups excluding carboxylic acids is 1. The van der Waals surface area contributed by atoms with Gasteiger partial charge in [-0.1, -0.05) is 12.2 Å². The molecule has 1 aromatic carbocycles. The normalized spacial score (nSPS) is 9.75. The smallest absolute Gasteiger partial charge is 0.249 e. The molecule has 3 heteroatoms. The molecule has 1 aromatic rings. The summed E-state index contributed by atoms with van der Waals surface area (Å²) in [5, 5.41) is 9.88. The van der Waals surface area contributed by atoms with E-state index in [0.717, 1.165) is 0 Å². The van der Waals surface area contributed by atoms with Crippen LogP contribution in [0, 0.1) is 6.07 Å². The number of aromatic hydroxyl groups is 1. The second-order valence-corrected chi connectivity index (χ2v) is 3.39. The molecule has 0 bridgehead atoms. The van der Waals surface area contributed by atoms with Crippen LogP contribution in [-0.4, -0.2) is 11.0 Å². The Morgan fingerprint density at radius 1 is 1.44 bits per heavy atom. The number of hydrogen-bond donors (Lipinski definition) is 2. The maximum Gasteiger partial charge on any atom is 0.249 e. The number of rotatable bonds is 5. The summed E-state index contributed by atoms with van der Waals surface area (Å²) < 4.78 is 0. The third kappa shape index (κ3) is 2.51. The highest BCUT2D eigenvalue weighted by atomic mass is 16.3. The van der Waals surface area contributed by atoms with Crippen LogP contribution in [0.1, 0.15) is 21.5 Å². The van der Waals surface area contributed by atoms with E-state index in [1.807, 2.05) is 0 Å². The Labute approximate surface area is 94.9 Å². The second kappa shape index (κ2) is 5.16. The Kier molecular flexibility index (Phi) is 3.89. The van der Waals surface area contributed by atoms with Gasteiger partial charge in [-0.2, -0.15) is 0 Å². The van der Waals surface area contributed by atoms with Gasteiger partial charge in [-0.3, -0.25) is 4.79 Å². The van der Waals surface area contributed by atoms with Crippen LogP contribution in [0.15, 0.2) is 31.4 Å². The first-order valence-electron chi connectivity index (χ1n) is 4.88. The van der Waals surface area contributed by atoms with Gasteiger partial charge in [0.05, 0.1) is 0 Å². The fourth-order valence-corrected chi connectivity index (χ4v) is 1.43. The molecule has 83 valence electrons. The number of phenolic OH excluding ortho intramolecular Hbond substituents is 1. The number of allylic oxidation sites excluding steroid dienone is 2. The molecule has 0 aliphatic rings. The maximum absolute atomic E-state index is 11.1. The van der Waals surface area contributed by atoms with E-state index < -0.39 is 5.91 Å². The number of amides is 1. The van der Waals surface area contributed by atoms with Crippen LogP contribution in [0.3, 0.4) is 0 Å². The molecule has 1 amide bonds. The van der Waals surface area contributed by atoms with Gasteiger partial charge < -0.3 is 10.8 Å². The van der Waals surface area contributed by atoms with E-state index in [2.05, 4.69) is 19.2 Å². The standard InChI is InChI=1S/C13H14NO2/c1-3-5-9-7-11(13(14)16)8-10(6-4-2)12(9)15/h3-4,7,15H,1-2,5-6H2,(H2,14,16). The molecule has 0 aliphatic carbocycles. The summed E-state index contributed by atoms with van der Waals surface area (Å²) in [5.74, 6) is -0.430. The lowest BCUT2D eigenvalue weighted by molar-refractivity contribution is 0.1000.